The van der Waals surface area contributed by atoms with Crippen molar-refractivity contribution in [2.24, 2.45) is 12.9 Å². The summed E-state index contributed by atoms with van der Waals surface area (Å²) in [6.45, 7) is 0. The summed E-state index contributed by atoms with van der Waals surface area (Å²) >= 11 is 0. The third-order valence-corrected chi connectivity index (χ3v) is 2.25. The summed E-state index contributed by atoms with van der Waals surface area (Å²) in [5.41, 5.74) is 4.80. The largest absolute Gasteiger partial charge is 0.363 e. The van der Waals surface area contributed by atoms with Gasteiger partial charge < -0.3 is 4.98 Å². The second-order valence-electron chi connectivity index (χ2n) is 3.10. The van der Waals surface area contributed by atoms with Crippen LogP contribution >= 0.6 is 0 Å². The predicted octanol–water partition coefficient (Wildman–Crippen LogP) is 0.301. The molecule has 1 atom stereocenters. The van der Waals surface area contributed by atoms with Crippen molar-refractivity contribution in [3.8, 4) is 0 Å². The minimum atomic E-state index is -0.0440. The van der Waals surface area contributed by atoms with Crippen molar-refractivity contribution < 1.29 is 0 Å². The van der Waals surface area contributed by atoms with Crippen LogP contribution in [0.1, 0.15) is 17.4 Å². The second kappa shape index (κ2) is 3.65. The van der Waals surface area contributed by atoms with Crippen molar-refractivity contribution in [3.63, 3.8) is 0 Å². The van der Waals surface area contributed by atoms with Crippen LogP contribution in [-0.2, 0) is 7.05 Å². The summed E-state index contributed by atoms with van der Waals surface area (Å²) in [5, 5.41) is 4.10. The van der Waals surface area contributed by atoms with Gasteiger partial charge in [-0.2, -0.15) is 5.10 Å². The molecule has 5 nitrogen and oxygen atoms in total. The molecule has 74 valence electrons. The van der Waals surface area contributed by atoms with Crippen LogP contribution in [0.15, 0.2) is 30.6 Å². The van der Waals surface area contributed by atoms with E-state index in [1.165, 1.54) is 0 Å². The number of nitrogens with one attached hydrogen (secondary N) is 2. The number of nitrogens with zero attached hydrogens (tertiary/aromatic N) is 2. The van der Waals surface area contributed by atoms with Gasteiger partial charge in [0.05, 0.1) is 5.69 Å². The van der Waals surface area contributed by atoms with Crippen LogP contribution in [0.25, 0.3) is 0 Å². The maximum absolute atomic E-state index is 5.51. The van der Waals surface area contributed by atoms with Gasteiger partial charge in [0.2, 0.25) is 0 Å². The Balaban J connectivity index is 2.36. The SMILES string of the molecule is Cn1nccc1C(NN)c1ccc[nH]1. The molecule has 0 aliphatic heterocycles. The zero-order valence-electron chi connectivity index (χ0n) is 7.94. The molecular weight excluding hydrogens is 178 g/mol. The Morgan fingerprint density at radius 2 is 2.43 bits per heavy atom. The number of nitrogens with two attached hydrogens (primary N) is 1. The van der Waals surface area contributed by atoms with E-state index in [4.69, 9.17) is 5.84 Å². The highest BCUT2D eigenvalue weighted by Gasteiger charge is 2.15. The smallest absolute Gasteiger partial charge is 0.103 e. The summed E-state index contributed by atoms with van der Waals surface area (Å²) in [6.07, 6.45) is 3.62. The van der Waals surface area contributed by atoms with E-state index < -0.39 is 0 Å². The number of H-pyrrole nitrogens is 1. The van der Waals surface area contributed by atoms with E-state index in [2.05, 4.69) is 15.5 Å². The van der Waals surface area contributed by atoms with Gasteiger partial charge in [0.15, 0.2) is 0 Å². The van der Waals surface area contributed by atoms with E-state index in [1.54, 1.807) is 10.9 Å². The van der Waals surface area contributed by atoms with E-state index in [0.717, 1.165) is 11.4 Å². The predicted molar refractivity (Wildman–Crippen MR) is 53.2 cm³/mol. The molecule has 14 heavy (non-hydrogen) atoms. The van der Waals surface area contributed by atoms with Crippen molar-refractivity contribution in [2.75, 3.05) is 0 Å². The maximum atomic E-state index is 5.51. The Hall–Kier alpha value is -1.59. The lowest BCUT2D eigenvalue weighted by atomic mass is 10.1. The molecule has 0 aliphatic carbocycles. The topological polar surface area (TPSA) is 71.7 Å². The van der Waals surface area contributed by atoms with Gasteiger partial charge in [-0.05, 0) is 18.2 Å². The van der Waals surface area contributed by atoms with Crippen molar-refractivity contribution in [2.45, 2.75) is 6.04 Å². The van der Waals surface area contributed by atoms with Crippen LogP contribution < -0.4 is 11.3 Å². The molecule has 0 amide bonds. The van der Waals surface area contributed by atoms with E-state index in [9.17, 15) is 0 Å². The first-order chi connectivity index (χ1) is 6.83. The van der Waals surface area contributed by atoms with E-state index in [0.29, 0.717) is 0 Å². The van der Waals surface area contributed by atoms with Crippen LogP contribution in [0.5, 0.6) is 0 Å². The molecule has 2 aromatic heterocycles. The lowest BCUT2D eigenvalue weighted by molar-refractivity contribution is 0.566. The van der Waals surface area contributed by atoms with Gasteiger partial charge in [-0.25, -0.2) is 5.43 Å². The van der Waals surface area contributed by atoms with Crippen LogP contribution in [0.3, 0.4) is 0 Å². The van der Waals surface area contributed by atoms with E-state index in [-0.39, 0.29) is 6.04 Å². The summed E-state index contributed by atoms with van der Waals surface area (Å²) < 4.78 is 1.80. The highest BCUT2D eigenvalue weighted by Crippen LogP contribution is 2.18. The summed E-state index contributed by atoms with van der Waals surface area (Å²) in [6, 6.07) is 5.82. The first-order valence-corrected chi connectivity index (χ1v) is 4.40. The number of hydrazine groups is 1. The van der Waals surface area contributed by atoms with Gasteiger partial charge in [0.25, 0.3) is 0 Å². The fourth-order valence-electron chi connectivity index (χ4n) is 1.53. The summed E-state index contributed by atoms with van der Waals surface area (Å²) in [5.74, 6) is 5.51. The number of aryl methyl sites for hydroxylation is 1. The molecule has 0 saturated carbocycles. The molecule has 0 aliphatic rings. The first kappa shape index (κ1) is 8.98. The number of hydrogen-bond acceptors (Lipinski definition) is 3. The van der Waals surface area contributed by atoms with Gasteiger partial charge in [-0.3, -0.25) is 10.5 Å². The molecule has 0 fully saturated rings. The maximum Gasteiger partial charge on any atom is 0.103 e. The Kier molecular flexibility index (Phi) is 2.34. The summed E-state index contributed by atoms with van der Waals surface area (Å²) in [7, 11) is 1.89. The molecule has 0 radical (unpaired) electrons. The van der Waals surface area contributed by atoms with Crippen LogP contribution in [0.2, 0.25) is 0 Å². The monoisotopic (exact) mass is 191 g/mol. The van der Waals surface area contributed by atoms with Gasteiger partial charge in [-0.15, -0.1) is 0 Å². The van der Waals surface area contributed by atoms with E-state index >= 15 is 0 Å². The third kappa shape index (κ3) is 1.43. The molecule has 2 rings (SSSR count). The molecule has 0 saturated heterocycles. The van der Waals surface area contributed by atoms with Crippen molar-refractivity contribution in [3.05, 3.63) is 42.0 Å². The van der Waals surface area contributed by atoms with Gasteiger partial charge >= 0.3 is 0 Å². The fraction of sp³-hybridized carbons (Fsp3) is 0.222. The van der Waals surface area contributed by atoms with Crippen molar-refractivity contribution >= 4 is 0 Å². The van der Waals surface area contributed by atoms with E-state index in [1.807, 2.05) is 31.4 Å². The molecule has 0 spiro atoms. The zero-order chi connectivity index (χ0) is 9.97. The van der Waals surface area contributed by atoms with Crippen LogP contribution in [0, 0.1) is 0 Å². The summed E-state index contributed by atoms with van der Waals surface area (Å²) in [4.78, 5) is 3.12. The zero-order valence-corrected chi connectivity index (χ0v) is 7.94. The van der Waals surface area contributed by atoms with Gasteiger partial charge in [-0.1, -0.05) is 0 Å². The number of rotatable bonds is 3. The molecule has 2 aromatic rings. The second-order valence-corrected chi connectivity index (χ2v) is 3.10. The number of hydrogen-bond donors (Lipinski definition) is 3. The molecule has 2 heterocycles. The Bertz CT molecular complexity index is 389. The normalized spacial score (nSPS) is 13.0. The average Bonchev–Trinajstić information content (AvgIpc) is 2.80. The molecular formula is C9H13N5. The van der Waals surface area contributed by atoms with Crippen LogP contribution in [0.4, 0.5) is 0 Å². The molecule has 5 heteroatoms. The van der Waals surface area contributed by atoms with Crippen LogP contribution in [-0.4, -0.2) is 14.8 Å². The Morgan fingerprint density at radius 1 is 1.57 bits per heavy atom. The molecule has 1 unspecified atom stereocenters. The lowest BCUT2D eigenvalue weighted by Crippen LogP contribution is -2.30. The molecule has 0 aromatic carbocycles. The standard InChI is InChI=1S/C9H13N5/c1-14-8(4-6-12-14)9(13-10)7-3-2-5-11-7/h2-6,9,11,13H,10H2,1H3. The quantitative estimate of drug-likeness (QED) is 0.482. The highest BCUT2D eigenvalue weighted by atomic mass is 15.3. The minimum Gasteiger partial charge on any atom is -0.363 e. The minimum absolute atomic E-state index is 0.0440. The van der Waals surface area contributed by atoms with Gasteiger partial charge in [0.1, 0.15) is 6.04 Å². The number of aromatic nitrogens is 3. The highest BCUT2D eigenvalue weighted by molar-refractivity contribution is 5.21. The molecule has 0 bridgehead atoms. The Morgan fingerprint density at radius 3 is 2.93 bits per heavy atom. The van der Waals surface area contributed by atoms with Gasteiger partial charge in [0, 0.05) is 25.1 Å². The first-order valence-electron chi connectivity index (χ1n) is 4.40. The average molecular weight is 191 g/mol. The van der Waals surface area contributed by atoms with Crippen molar-refractivity contribution in [1.29, 1.82) is 0 Å². The molecule has 4 N–H and O–H groups in total. The lowest BCUT2D eigenvalue weighted by Gasteiger charge is -2.14. The number of aromatic amines is 1. The fourth-order valence-corrected chi connectivity index (χ4v) is 1.53. The third-order valence-electron chi connectivity index (χ3n) is 2.25. The van der Waals surface area contributed by atoms with Crippen molar-refractivity contribution in [1.82, 2.24) is 20.2 Å². The Labute approximate surface area is 81.9 Å².